The van der Waals surface area contributed by atoms with E-state index in [-0.39, 0.29) is 5.41 Å². The Morgan fingerprint density at radius 2 is 2.00 bits per heavy atom. The van der Waals surface area contributed by atoms with Gasteiger partial charge in [0.15, 0.2) is 0 Å². The fourth-order valence-electron chi connectivity index (χ4n) is 2.01. The fourth-order valence-corrected chi connectivity index (χ4v) is 2.87. The molecule has 1 N–H and O–H groups in total. The van der Waals surface area contributed by atoms with Gasteiger partial charge in [-0.05, 0) is 63.0 Å². The van der Waals surface area contributed by atoms with Crippen molar-refractivity contribution in [2.45, 2.75) is 57.0 Å². The molecule has 0 atom stereocenters. The zero-order valence-electron chi connectivity index (χ0n) is 12.5. The minimum absolute atomic E-state index is 0.182. The Bertz CT molecular complexity index is 455. The number of benzene rings is 1. The molecule has 108 valence electrons. The largest absolute Gasteiger partial charge is 0.310 e. The van der Waals surface area contributed by atoms with E-state index in [4.69, 9.17) is 5.26 Å². The lowest BCUT2D eigenvalue weighted by Gasteiger charge is -2.14. The second kappa shape index (κ2) is 7.15. The van der Waals surface area contributed by atoms with Gasteiger partial charge in [0, 0.05) is 17.5 Å². The molecular weight excluding hydrogens is 264 g/mol. The number of hydrogen-bond donors (Lipinski definition) is 1. The van der Waals surface area contributed by atoms with Gasteiger partial charge in [-0.15, -0.1) is 11.8 Å². The smallest absolute Gasteiger partial charge is 0.0683 e. The molecule has 0 spiro atoms. The summed E-state index contributed by atoms with van der Waals surface area (Å²) >= 11 is 1.89. The van der Waals surface area contributed by atoms with Crippen LogP contribution in [0.5, 0.6) is 0 Å². The highest BCUT2D eigenvalue weighted by Gasteiger charge is 2.19. The lowest BCUT2D eigenvalue weighted by atomic mass is 9.90. The maximum absolute atomic E-state index is 8.97. The van der Waals surface area contributed by atoms with Crippen molar-refractivity contribution in [3.05, 3.63) is 29.8 Å². The quantitative estimate of drug-likeness (QED) is 0.570. The Morgan fingerprint density at radius 1 is 1.30 bits per heavy atom. The van der Waals surface area contributed by atoms with E-state index in [0.29, 0.717) is 0 Å². The van der Waals surface area contributed by atoms with Crippen molar-refractivity contribution in [1.29, 1.82) is 5.26 Å². The van der Waals surface area contributed by atoms with Gasteiger partial charge >= 0.3 is 0 Å². The molecule has 0 unspecified atom stereocenters. The summed E-state index contributed by atoms with van der Waals surface area (Å²) in [4.78, 5) is 1.33. The topological polar surface area (TPSA) is 35.8 Å². The summed E-state index contributed by atoms with van der Waals surface area (Å²) in [6.07, 6.45) is 4.75. The summed E-state index contributed by atoms with van der Waals surface area (Å²) in [6, 6.07) is 12.0. The third-order valence-electron chi connectivity index (χ3n) is 3.61. The minimum atomic E-state index is -0.182. The lowest BCUT2D eigenvalue weighted by Crippen LogP contribution is -2.14. The number of nitrogens with one attached hydrogen (secondary N) is 1. The first kappa shape index (κ1) is 15.4. The van der Waals surface area contributed by atoms with Gasteiger partial charge in [0.2, 0.25) is 0 Å². The Morgan fingerprint density at radius 3 is 2.60 bits per heavy atom. The normalized spacial score (nSPS) is 15.1. The number of hydrogen-bond acceptors (Lipinski definition) is 3. The highest BCUT2D eigenvalue weighted by Crippen LogP contribution is 2.25. The summed E-state index contributed by atoms with van der Waals surface area (Å²) in [5.41, 5.74) is 1.19. The molecule has 0 bridgehead atoms. The van der Waals surface area contributed by atoms with Crippen LogP contribution in [0.4, 0.5) is 0 Å². The van der Waals surface area contributed by atoms with Crippen LogP contribution in [0.2, 0.25) is 0 Å². The van der Waals surface area contributed by atoms with Gasteiger partial charge in [0.25, 0.3) is 0 Å². The van der Waals surface area contributed by atoms with Crippen LogP contribution in [0, 0.1) is 16.7 Å². The SMILES string of the molecule is CC(C)(C#N)CCCSc1ccc(CNC2CC2)cc1. The van der Waals surface area contributed by atoms with Crippen LogP contribution in [-0.4, -0.2) is 11.8 Å². The molecule has 2 rings (SSSR count). The molecule has 2 nitrogen and oxygen atoms in total. The molecule has 1 fully saturated rings. The van der Waals surface area contributed by atoms with Gasteiger partial charge in [-0.25, -0.2) is 0 Å². The fraction of sp³-hybridized carbons (Fsp3) is 0.588. The van der Waals surface area contributed by atoms with E-state index in [1.807, 2.05) is 25.6 Å². The van der Waals surface area contributed by atoms with Crippen molar-refractivity contribution in [3.8, 4) is 6.07 Å². The summed E-state index contributed by atoms with van der Waals surface area (Å²) < 4.78 is 0. The van der Waals surface area contributed by atoms with Crippen LogP contribution < -0.4 is 5.32 Å². The van der Waals surface area contributed by atoms with E-state index < -0.39 is 0 Å². The van der Waals surface area contributed by atoms with E-state index >= 15 is 0 Å². The molecule has 1 aliphatic rings. The number of nitriles is 1. The first-order valence-electron chi connectivity index (χ1n) is 7.45. The molecule has 0 aliphatic heterocycles. The van der Waals surface area contributed by atoms with E-state index in [0.717, 1.165) is 31.2 Å². The number of rotatable bonds is 8. The van der Waals surface area contributed by atoms with Gasteiger partial charge < -0.3 is 5.32 Å². The lowest BCUT2D eigenvalue weighted by molar-refractivity contribution is 0.448. The van der Waals surface area contributed by atoms with E-state index in [9.17, 15) is 0 Å². The van der Waals surface area contributed by atoms with Crippen molar-refractivity contribution in [1.82, 2.24) is 5.32 Å². The van der Waals surface area contributed by atoms with E-state index in [1.165, 1.54) is 23.3 Å². The third-order valence-corrected chi connectivity index (χ3v) is 4.71. The molecule has 0 heterocycles. The molecule has 0 saturated heterocycles. The van der Waals surface area contributed by atoms with Crippen LogP contribution in [0.1, 0.15) is 45.1 Å². The van der Waals surface area contributed by atoms with E-state index in [2.05, 4.69) is 35.7 Å². The van der Waals surface area contributed by atoms with Crippen molar-refractivity contribution >= 4 is 11.8 Å². The van der Waals surface area contributed by atoms with Gasteiger partial charge in [-0.1, -0.05) is 12.1 Å². The molecule has 1 saturated carbocycles. The Kier molecular flexibility index (Phi) is 5.51. The van der Waals surface area contributed by atoms with Crippen molar-refractivity contribution in [2.75, 3.05) is 5.75 Å². The first-order valence-corrected chi connectivity index (χ1v) is 8.44. The molecule has 1 aromatic carbocycles. The molecule has 0 aromatic heterocycles. The molecule has 0 amide bonds. The Balaban J connectivity index is 1.66. The zero-order valence-corrected chi connectivity index (χ0v) is 13.3. The van der Waals surface area contributed by atoms with Crippen molar-refractivity contribution < 1.29 is 0 Å². The molecular formula is C17H24N2S. The first-order chi connectivity index (χ1) is 9.59. The van der Waals surface area contributed by atoms with Crippen LogP contribution in [-0.2, 0) is 6.54 Å². The molecule has 1 aromatic rings. The summed E-state index contributed by atoms with van der Waals surface area (Å²) in [5.74, 6) is 1.09. The second-order valence-corrected chi connectivity index (χ2v) is 7.42. The summed E-state index contributed by atoms with van der Waals surface area (Å²) in [6.45, 7) is 5.02. The second-order valence-electron chi connectivity index (χ2n) is 6.25. The summed E-state index contributed by atoms with van der Waals surface area (Å²) in [7, 11) is 0. The highest BCUT2D eigenvalue weighted by atomic mass is 32.2. The predicted molar refractivity (Wildman–Crippen MR) is 85.7 cm³/mol. The maximum atomic E-state index is 8.97. The Hall–Kier alpha value is -0.980. The number of nitrogens with zero attached hydrogens (tertiary/aromatic N) is 1. The standard InChI is InChI=1S/C17H24N2S/c1-17(2,13-18)10-3-11-20-16-8-4-14(5-9-16)12-19-15-6-7-15/h4-5,8-9,15,19H,3,6-7,10-12H2,1-2H3. The van der Waals surface area contributed by atoms with Crippen LogP contribution in [0.25, 0.3) is 0 Å². The molecule has 0 radical (unpaired) electrons. The average Bonchev–Trinajstić information content (AvgIpc) is 3.27. The van der Waals surface area contributed by atoms with Gasteiger partial charge in [0.1, 0.15) is 0 Å². The third kappa shape index (κ3) is 5.56. The van der Waals surface area contributed by atoms with E-state index in [1.54, 1.807) is 0 Å². The van der Waals surface area contributed by atoms with Crippen LogP contribution in [0.15, 0.2) is 29.2 Å². The number of thioether (sulfide) groups is 1. The van der Waals surface area contributed by atoms with Crippen molar-refractivity contribution in [2.24, 2.45) is 5.41 Å². The molecule has 20 heavy (non-hydrogen) atoms. The van der Waals surface area contributed by atoms with Crippen LogP contribution >= 0.6 is 11.8 Å². The molecule has 3 heteroatoms. The summed E-state index contributed by atoms with van der Waals surface area (Å²) in [5, 5.41) is 12.5. The predicted octanol–water partition coefficient (Wildman–Crippen LogP) is 4.36. The average molecular weight is 288 g/mol. The Labute approximate surface area is 127 Å². The van der Waals surface area contributed by atoms with Gasteiger partial charge in [-0.2, -0.15) is 5.26 Å². The zero-order chi connectivity index (χ0) is 14.4. The highest BCUT2D eigenvalue weighted by molar-refractivity contribution is 7.99. The van der Waals surface area contributed by atoms with Gasteiger partial charge in [0.05, 0.1) is 11.5 Å². The molecule has 1 aliphatic carbocycles. The monoisotopic (exact) mass is 288 g/mol. The van der Waals surface area contributed by atoms with Crippen molar-refractivity contribution in [3.63, 3.8) is 0 Å². The maximum Gasteiger partial charge on any atom is 0.0683 e. The van der Waals surface area contributed by atoms with Gasteiger partial charge in [-0.3, -0.25) is 0 Å². The minimum Gasteiger partial charge on any atom is -0.310 e. The van der Waals surface area contributed by atoms with Crippen LogP contribution in [0.3, 0.4) is 0 Å².